The number of hydrogen-bond donors (Lipinski definition) is 1. The lowest BCUT2D eigenvalue weighted by Gasteiger charge is -2.30. The van der Waals surface area contributed by atoms with Crippen molar-refractivity contribution in [3.63, 3.8) is 0 Å². The zero-order valence-electron chi connectivity index (χ0n) is 21.5. The molecule has 5 nitrogen and oxygen atoms in total. The van der Waals surface area contributed by atoms with Crippen LogP contribution < -0.4 is 9.62 Å². The van der Waals surface area contributed by atoms with E-state index >= 15 is 0 Å². The molecule has 0 fully saturated rings. The average molecular weight is 493 g/mol. The Morgan fingerprint density at radius 3 is 2.03 bits per heavy atom. The van der Waals surface area contributed by atoms with Gasteiger partial charge in [0.25, 0.3) is 10.0 Å². The first kappa shape index (κ1) is 26.5. The third-order valence-electron chi connectivity index (χ3n) is 6.17. The van der Waals surface area contributed by atoms with E-state index in [1.807, 2.05) is 52.0 Å². The van der Waals surface area contributed by atoms with Crippen molar-refractivity contribution in [3.8, 4) is 0 Å². The van der Waals surface area contributed by atoms with Gasteiger partial charge in [-0.15, -0.1) is 0 Å². The predicted molar refractivity (Wildman–Crippen MR) is 143 cm³/mol. The fourth-order valence-corrected chi connectivity index (χ4v) is 5.93. The highest BCUT2D eigenvalue weighted by molar-refractivity contribution is 7.92. The summed E-state index contributed by atoms with van der Waals surface area (Å²) in [5.74, 6) is -0.337. The number of nitrogens with one attached hydrogen (secondary N) is 1. The fraction of sp³-hybridized carbons (Fsp3) is 0.345. The van der Waals surface area contributed by atoms with Gasteiger partial charge in [-0.2, -0.15) is 0 Å². The molecule has 186 valence electrons. The summed E-state index contributed by atoms with van der Waals surface area (Å²) in [6, 6.07) is 22.3. The Hall–Kier alpha value is -3.12. The number of hydrogen-bond acceptors (Lipinski definition) is 3. The van der Waals surface area contributed by atoms with Crippen LogP contribution in [-0.2, 0) is 20.2 Å². The molecule has 0 aliphatic heterocycles. The average Bonchev–Trinajstić information content (AvgIpc) is 2.77. The summed E-state index contributed by atoms with van der Waals surface area (Å²) < 4.78 is 28.5. The van der Waals surface area contributed by atoms with Crippen molar-refractivity contribution in [3.05, 3.63) is 95.1 Å². The summed E-state index contributed by atoms with van der Waals surface area (Å²) in [5.41, 5.74) is 4.37. The summed E-state index contributed by atoms with van der Waals surface area (Å²) in [5, 5.41) is 3.02. The van der Waals surface area contributed by atoms with Gasteiger partial charge in [0.15, 0.2) is 0 Å². The molecule has 1 atom stereocenters. The van der Waals surface area contributed by atoms with Gasteiger partial charge in [-0.05, 0) is 80.5 Å². The molecular weight excluding hydrogens is 456 g/mol. The SMILES string of the molecule is Cc1ccc(S(=O)(=O)N(CC(=O)NC(C)CC(C)(C)c2ccccc2)c2cc(C)cc(C)c2)cc1. The molecule has 0 saturated heterocycles. The maximum Gasteiger partial charge on any atom is 0.264 e. The van der Waals surface area contributed by atoms with Crippen LogP contribution in [0.1, 0.15) is 49.4 Å². The van der Waals surface area contributed by atoms with E-state index < -0.39 is 10.0 Å². The normalized spacial score (nSPS) is 12.7. The second kappa shape index (κ2) is 10.6. The van der Waals surface area contributed by atoms with Gasteiger partial charge in [0.05, 0.1) is 10.6 Å². The van der Waals surface area contributed by atoms with E-state index in [0.717, 1.165) is 23.1 Å². The highest BCUT2D eigenvalue weighted by Gasteiger charge is 2.29. The van der Waals surface area contributed by atoms with E-state index in [9.17, 15) is 13.2 Å². The summed E-state index contributed by atoms with van der Waals surface area (Å²) >= 11 is 0. The first-order chi connectivity index (χ1) is 16.4. The molecule has 0 aliphatic rings. The highest BCUT2D eigenvalue weighted by Crippen LogP contribution is 2.29. The van der Waals surface area contributed by atoms with E-state index in [0.29, 0.717) is 5.69 Å². The number of anilines is 1. The lowest BCUT2D eigenvalue weighted by Crippen LogP contribution is -2.45. The first-order valence-electron chi connectivity index (χ1n) is 11.9. The van der Waals surface area contributed by atoms with Crippen molar-refractivity contribution in [2.24, 2.45) is 0 Å². The minimum absolute atomic E-state index is 0.138. The monoisotopic (exact) mass is 492 g/mol. The summed E-state index contributed by atoms with van der Waals surface area (Å²) in [7, 11) is -3.94. The van der Waals surface area contributed by atoms with Gasteiger partial charge >= 0.3 is 0 Å². The molecule has 6 heteroatoms. The van der Waals surface area contributed by atoms with Crippen LogP contribution in [0.5, 0.6) is 0 Å². The minimum atomic E-state index is -3.94. The number of amides is 1. The predicted octanol–water partition coefficient (Wildman–Crippen LogP) is 5.68. The van der Waals surface area contributed by atoms with Crippen molar-refractivity contribution < 1.29 is 13.2 Å². The molecule has 0 bridgehead atoms. The molecule has 35 heavy (non-hydrogen) atoms. The zero-order valence-corrected chi connectivity index (χ0v) is 22.3. The standard InChI is InChI=1S/C29H36N2O3S/c1-21-12-14-27(15-13-21)35(33,34)31(26-17-22(2)16-23(3)18-26)20-28(32)30-24(4)19-29(5,6)25-10-8-7-9-11-25/h7-18,24H,19-20H2,1-6H3,(H,30,32). The second-order valence-electron chi connectivity index (χ2n) is 10.1. The molecule has 0 aromatic heterocycles. The second-order valence-corrected chi connectivity index (χ2v) is 12.0. The number of aryl methyl sites for hydroxylation is 3. The van der Waals surface area contributed by atoms with Crippen molar-refractivity contribution >= 4 is 21.6 Å². The molecule has 3 rings (SSSR count). The summed E-state index contributed by atoms with van der Waals surface area (Å²) in [6.07, 6.45) is 0.719. The first-order valence-corrected chi connectivity index (χ1v) is 13.3. The molecule has 0 aliphatic carbocycles. The number of benzene rings is 3. The lowest BCUT2D eigenvalue weighted by molar-refractivity contribution is -0.120. The zero-order chi connectivity index (χ0) is 25.8. The van der Waals surface area contributed by atoms with Crippen molar-refractivity contribution in [2.75, 3.05) is 10.8 Å². The van der Waals surface area contributed by atoms with Gasteiger partial charge in [0, 0.05) is 6.04 Å². The Balaban J connectivity index is 1.84. The summed E-state index contributed by atoms with van der Waals surface area (Å²) in [6.45, 7) is 11.7. The maximum atomic E-state index is 13.6. The molecule has 1 amide bonds. The Bertz CT molecular complexity index is 1250. The molecule has 0 spiro atoms. The van der Waals surface area contributed by atoms with E-state index in [2.05, 4.69) is 31.3 Å². The Kier molecular flexibility index (Phi) is 8.06. The van der Waals surface area contributed by atoms with Gasteiger partial charge in [-0.3, -0.25) is 9.10 Å². The Morgan fingerprint density at radius 2 is 1.46 bits per heavy atom. The van der Waals surface area contributed by atoms with Gasteiger partial charge in [-0.25, -0.2) is 8.42 Å². The maximum absolute atomic E-state index is 13.6. The fourth-order valence-electron chi connectivity index (χ4n) is 4.52. The van der Waals surface area contributed by atoms with Gasteiger partial charge in [0.2, 0.25) is 5.91 Å². The molecule has 0 radical (unpaired) electrons. The number of rotatable bonds is 9. The van der Waals surface area contributed by atoms with Crippen molar-refractivity contribution in [1.29, 1.82) is 0 Å². The van der Waals surface area contributed by atoms with Crippen LogP contribution in [0.2, 0.25) is 0 Å². The third-order valence-corrected chi connectivity index (χ3v) is 7.96. The van der Waals surface area contributed by atoms with Crippen molar-refractivity contribution in [2.45, 2.75) is 64.3 Å². The quantitative estimate of drug-likeness (QED) is 0.418. The molecule has 1 unspecified atom stereocenters. The van der Waals surface area contributed by atoms with Gasteiger partial charge in [0.1, 0.15) is 6.54 Å². The highest BCUT2D eigenvalue weighted by atomic mass is 32.2. The third kappa shape index (κ3) is 6.73. The minimum Gasteiger partial charge on any atom is -0.352 e. The van der Waals surface area contributed by atoms with Crippen LogP contribution in [0.4, 0.5) is 5.69 Å². The van der Waals surface area contributed by atoms with E-state index in [-0.39, 0.29) is 28.8 Å². The largest absolute Gasteiger partial charge is 0.352 e. The summed E-state index contributed by atoms with van der Waals surface area (Å²) in [4.78, 5) is 13.3. The Labute approximate surface area is 210 Å². The van der Waals surface area contributed by atoms with E-state index in [1.165, 1.54) is 9.87 Å². The smallest absolute Gasteiger partial charge is 0.264 e. The molecule has 3 aromatic carbocycles. The Morgan fingerprint density at radius 1 is 0.886 bits per heavy atom. The molecular formula is C29H36N2O3S. The number of nitrogens with zero attached hydrogens (tertiary/aromatic N) is 1. The van der Waals surface area contributed by atoms with E-state index in [4.69, 9.17) is 0 Å². The van der Waals surface area contributed by atoms with E-state index in [1.54, 1.807) is 36.4 Å². The molecule has 0 heterocycles. The molecule has 0 saturated carbocycles. The van der Waals surface area contributed by atoms with Gasteiger partial charge in [-0.1, -0.05) is 67.9 Å². The van der Waals surface area contributed by atoms with Crippen LogP contribution in [0.15, 0.2) is 77.7 Å². The topological polar surface area (TPSA) is 66.5 Å². The van der Waals surface area contributed by atoms with Crippen molar-refractivity contribution in [1.82, 2.24) is 5.32 Å². The molecule has 1 N–H and O–H groups in total. The molecule has 3 aromatic rings. The van der Waals surface area contributed by atoms with Crippen LogP contribution in [-0.4, -0.2) is 26.9 Å². The lowest BCUT2D eigenvalue weighted by atomic mass is 9.79. The number of sulfonamides is 1. The van der Waals surface area contributed by atoms with Crippen LogP contribution in [0, 0.1) is 20.8 Å². The number of carbonyl (C=O) groups excluding carboxylic acids is 1. The van der Waals surface area contributed by atoms with Gasteiger partial charge < -0.3 is 5.32 Å². The van der Waals surface area contributed by atoms with Crippen LogP contribution >= 0.6 is 0 Å². The van der Waals surface area contributed by atoms with Crippen LogP contribution in [0.3, 0.4) is 0 Å². The van der Waals surface area contributed by atoms with Crippen LogP contribution in [0.25, 0.3) is 0 Å². The number of carbonyl (C=O) groups is 1.